The Kier molecular flexibility index (Phi) is 6.22. The van der Waals surface area contributed by atoms with Crippen LogP contribution < -0.4 is 11.1 Å². The largest absolute Gasteiger partial charge is 0.330 e. The van der Waals surface area contributed by atoms with Gasteiger partial charge in [-0.2, -0.15) is 0 Å². The van der Waals surface area contributed by atoms with E-state index < -0.39 is 0 Å². The maximum atomic E-state index is 12.2. The van der Waals surface area contributed by atoms with Crippen LogP contribution in [0.1, 0.15) is 18.4 Å². The summed E-state index contributed by atoms with van der Waals surface area (Å²) in [5.74, 6) is 0.635. The van der Waals surface area contributed by atoms with Gasteiger partial charge in [-0.15, -0.1) is 0 Å². The van der Waals surface area contributed by atoms with Gasteiger partial charge in [-0.05, 0) is 94.9 Å². The monoisotopic (exact) mass is 417 g/mol. The van der Waals surface area contributed by atoms with Crippen LogP contribution in [-0.4, -0.2) is 37.0 Å². The molecule has 3 N–H and O–H groups in total. The number of hydrogen-bond donors (Lipinski definition) is 2. The van der Waals surface area contributed by atoms with E-state index in [9.17, 15) is 4.79 Å². The van der Waals surface area contributed by atoms with Gasteiger partial charge in [-0.3, -0.25) is 9.69 Å². The highest BCUT2D eigenvalue weighted by Crippen LogP contribution is 2.32. The molecule has 1 aromatic rings. The number of likely N-dealkylation sites (tertiary alicyclic amines) is 1. The van der Waals surface area contributed by atoms with Crippen LogP contribution >= 0.6 is 31.9 Å². The van der Waals surface area contributed by atoms with E-state index in [1.54, 1.807) is 0 Å². The van der Waals surface area contributed by atoms with Crippen LogP contribution in [0.2, 0.25) is 0 Å². The Morgan fingerprint density at radius 2 is 1.90 bits per heavy atom. The second-order valence-electron chi connectivity index (χ2n) is 5.61. The first-order valence-electron chi connectivity index (χ1n) is 7.17. The molecule has 1 heterocycles. The number of piperidine rings is 1. The van der Waals surface area contributed by atoms with Crippen molar-refractivity contribution in [1.82, 2.24) is 4.90 Å². The fourth-order valence-corrected chi connectivity index (χ4v) is 4.20. The first-order valence-corrected chi connectivity index (χ1v) is 8.76. The molecule has 0 bridgehead atoms. The van der Waals surface area contributed by atoms with Gasteiger partial charge in [-0.25, -0.2) is 0 Å². The van der Waals surface area contributed by atoms with Crippen molar-refractivity contribution in [2.24, 2.45) is 11.7 Å². The summed E-state index contributed by atoms with van der Waals surface area (Å²) >= 11 is 6.99. The molecule has 1 aliphatic heterocycles. The standard InChI is InChI=1S/C15H21Br2N3O/c1-10-6-12(16)15(13(17)7-10)19-14(21)9-20-4-2-11(8-18)3-5-20/h6-7,11H,2-5,8-9,18H2,1H3,(H,19,21). The number of hydrogen-bond acceptors (Lipinski definition) is 3. The predicted molar refractivity (Wildman–Crippen MR) is 93.4 cm³/mol. The van der Waals surface area contributed by atoms with E-state index in [0.717, 1.165) is 52.7 Å². The molecule has 1 aromatic carbocycles. The molecule has 0 saturated carbocycles. The van der Waals surface area contributed by atoms with E-state index in [1.165, 1.54) is 0 Å². The maximum Gasteiger partial charge on any atom is 0.238 e. The fourth-order valence-electron chi connectivity index (χ4n) is 2.58. The van der Waals surface area contributed by atoms with Crippen LogP contribution in [0.3, 0.4) is 0 Å². The van der Waals surface area contributed by atoms with Crippen LogP contribution in [0.5, 0.6) is 0 Å². The number of carbonyl (C=O) groups is 1. The van der Waals surface area contributed by atoms with Gasteiger partial charge >= 0.3 is 0 Å². The van der Waals surface area contributed by atoms with E-state index >= 15 is 0 Å². The minimum Gasteiger partial charge on any atom is -0.330 e. The summed E-state index contributed by atoms with van der Waals surface area (Å²) in [5.41, 5.74) is 7.62. The fraction of sp³-hybridized carbons (Fsp3) is 0.533. The maximum absolute atomic E-state index is 12.2. The summed E-state index contributed by atoms with van der Waals surface area (Å²) in [6, 6.07) is 3.99. The van der Waals surface area contributed by atoms with Gasteiger partial charge in [0.2, 0.25) is 5.91 Å². The van der Waals surface area contributed by atoms with Gasteiger partial charge in [0.25, 0.3) is 0 Å². The second kappa shape index (κ2) is 7.72. The molecule has 1 aliphatic rings. The molecule has 0 atom stereocenters. The average Bonchev–Trinajstić information content (AvgIpc) is 2.43. The molecule has 0 radical (unpaired) electrons. The van der Waals surface area contributed by atoms with E-state index in [-0.39, 0.29) is 5.91 Å². The number of carbonyl (C=O) groups excluding carboxylic acids is 1. The molecule has 1 fully saturated rings. The topological polar surface area (TPSA) is 58.4 Å². The average molecular weight is 419 g/mol. The Labute approximate surface area is 142 Å². The number of amides is 1. The molecule has 2 rings (SSSR count). The molecule has 21 heavy (non-hydrogen) atoms. The highest BCUT2D eigenvalue weighted by Gasteiger charge is 2.20. The van der Waals surface area contributed by atoms with Gasteiger partial charge in [0.05, 0.1) is 12.2 Å². The molecule has 4 nitrogen and oxygen atoms in total. The van der Waals surface area contributed by atoms with Crippen LogP contribution in [0.15, 0.2) is 21.1 Å². The number of aryl methyl sites for hydroxylation is 1. The first-order chi connectivity index (χ1) is 9.99. The zero-order valence-corrected chi connectivity index (χ0v) is 15.3. The van der Waals surface area contributed by atoms with E-state index in [2.05, 4.69) is 42.1 Å². The summed E-state index contributed by atoms with van der Waals surface area (Å²) in [7, 11) is 0. The first kappa shape index (κ1) is 16.9. The SMILES string of the molecule is Cc1cc(Br)c(NC(=O)CN2CCC(CN)CC2)c(Br)c1. The van der Waals surface area contributed by atoms with Crippen LogP contribution in [0.25, 0.3) is 0 Å². The highest BCUT2D eigenvalue weighted by atomic mass is 79.9. The molecular weight excluding hydrogens is 398 g/mol. The lowest BCUT2D eigenvalue weighted by atomic mass is 9.97. The molecule has 6 heteroatoms. The van der Waals surface area contributed by atoms with Crippen molar-refractivity contribution in [2.45, 2.75) is 19.8 Å². The summed E-state index contributed by atoms with van der Waals surface area (Å²) < 4.78 is 1.79. The highest BCUT2D eigenvalue weighted by molar-refractivity contribution is 9.11. The molecule has 0 spiro atoms. The normalized spacial score (nSPS) is 17.0. The lowest BCUT2D eigenvalue weighted by Gasteiger charge is -2.30. The number of nitrogens with zero attached hydrogens (tertiary/aromatic N) is 1. The second-order valence-corrected chi connectivity index (χ2v) is 7.32. The minimum atomic E-state index is 0.0199. The Morgan fingerprint density at radius 3 is 2.43 bits per heavy atom. The van der Waals surface area contributed by atoms with Crippen molar-refractivity contribution in [3.05, 3.63) is 26.6 Å². The van der Waals surface area contributed by atoms with Gasteiger partial charge in [-0.1, -0.05) is 0 Å². The van der Waals surface area contributed by atoms with Gasteiger partial charge in [0, 0.05) is 8.95 Å². The van der Waals surface area contributed by atoms with Crippen molar-refractivity contribution >= 4 is 43.5 Å². The molecule has 0 aromatic heterocycles. The summed E-state index contributed by atoms with van der Waals surface area (Å²) in [6.07, 6.45) is 2.17. The Morgan fingerprint density at radius 1 is 1.33 bits per heavy atom. The molecule has 116 valence electrons. The molecule has 0 aliphatic carbocycles. The Bertz CT molecular complexity index is 491. The number of nitrogens with two attached hydrogens (primary N) is 1. The van der Waals surface area contributed by atoms with Crippen molar-refractivity contribution in [3.8, 4) is 0 Å². The number of anilines is 1. The Hall–Kier alpha value is -0.430. The Balaban J connectivity index is 1.91. The van der Waals surface area contributed by atoms with Gasteiger partial charge < -0.3 is 11.1 Å². The zero-order chi connectivity index (χ0) is 15.4. The van der Waals surface area contributed by atoms with Crippen molar-refractivity contribution in [1.29, 1.82) is 0 Å². The third kappa shape index (κ3) is 4.77. The number of halogens is 2. The zero-order valence-electron chi connectivity index (χ0n) is 12.2. The van der Waals surface area contributed by atoms with Crippen molar-refractivity contribution < 1.29 is 4.79 Å². The third-order valence-corrected chi connectivity index (χ3v) is 5.11. The third-order valence-electron chi connectivity index (χ3n) is 3.86. The minimum absolute atomic E-state index is 0.0199. The lowest BCUT2D eigenvalue weighted by Crippen LogP contribution is -2.40. The van der Waals surface area contributed by atoms with E-state index in [0.29, 0.717) is 12.5 Å². The summed E-state index contributed by atoms with van der Waals surface area (Å²) in [6.45, 7) is 5.10. The number of rotatable bonds is 4. The molecular formula is C15H21Br2N3O. The molecule has 0 unspecified atom stereocenters. The van der Waals surface area contributed by atoms with Crippen molar-refractivity contribution in [2.75, 3.05) is 31.5 Å². The van der Waals surface area contributed by atoms with E-state index in [1.807, 2.05) is 19.1 Å². The number of nitrogens with one attached hydrogen (secondary N) is 1. The summed E-state index contributed by atoms with van der Waals surface area (Å²) in [5, 5.41) is 2.98. The van der Waals surface area contributed by atoms with E-state index in [4.69, 9.17) is 5.73 Å². The number of benzene rings is 1. The quantitative estimate of drug-likeness (QED) is 0.789. The van der Waals surface area contributed by atoms with Gasteiger partial charge in [0.1, 0.15) is 0 Å². The molecule has 1 saturated heterocycles. The molecule has 1 amide bonds. The van der Waals surface area contributed by atoms with Crippen LogP contribution in [0, 0.1) is 12.8 Å². The van der Waals surface area contributed by atoms with Crippen LogP contribution in [-0.2, 0) is 4.79 Å². The smallest absolute Gasteiger partial charge is 0.238 e. The van der Waals surface area contributed by atoms with Gasteiger partial charge in [0.15, 0.2) is 0 Å². The van der Waals surface area contributed by atoms with Crippen molar-refractivity contribution in [3.63, 3.8) is 0 Å². The summed E-state index contributed by atoms with van der Waals surface area (Å²) in [4.78, 5) is 14.4. The lowest BCUT2D eigenvalue weighted by molar-refractivity contribution is -0.117. The predicted octanol–water partition coefficient (Wildman–Crippen LogP) is 3.13. The van der Waals surface area contributed by atoms with Crippen LogP contribution in [0.4, 0.5) is 5.69 Å².